The lowest BCUT2D eigenvalue weighted by atomic mass is 10.1. The van der Waals surface area contributed by atoms with Crippen molar-refractivity contribution < 1.29 is 9.59 Å². The lowest BCUT2D eigenvalue weighted by molar-refractivity contribution is 0.0639. The van der Waals surface area contributed by atoms with E-state index in [1.807, 2.05) is 24.3 Å². The fraction of sp³-hybridized carbons (Fsp3) is 0.176. The van der Waals surface area contributed by atoms with Crippen LogP contribution in [0.3, 0.4) is 0 Å². The summed E-state index contributed by atoms with van der Waals surface area (Å²) < 4.78 is 1.03. The van der Waals surface area contributed by atoms with E-state index >= 15 is 0 Å². The van der Waals surface area contributed by atoms with Gasteiger partial charge in [-0.2, -0.15) is 0 Å². The molecule has 1 aliphatic heterocycles. The average Bonchev–Trinajstić information content (AvgIpc) is 3.23. The van der Waals surface area contributed by atoms with Crippen molar-refractivity contribution in [1.82, 2.24) is 4.90 Å². The van der Waals surface area contributed by atoms with Gasteiger partial charge in [-0.05, 0) is 36.2 Å². The highest BCUT2D eigenvalue weighted by Crippen LogP contribution is 2.47. The van der Waals surface area contributed by atoms with Gasteiger partial charge >= 0.3 is 0 Å². The van der Waals surface area contributed by atoms with Crippen molar-refractivity contribution in [3.05, 3.63) is 69.7 Å². The first-order valence-corrected chi connectivity index (χ1v) is 7.68. The molecule has 2 aromatic carbocycles. The van der Waals surface area contributed by atoms with E-state index in [4.69, 9.17) is 0 Å². The first kappa shape index (κ1) is 12.8. The Hall–Kier alpha value is -1.94. The second-order valence-corrected chi connectivity index (χ2v) is 6.40. The Balaban J connectivity index is 1.61. The Morgan fingerprint density at radius 2 is 1.48 bits per heavy atom. The number of amides is 2. The van der Waals surface area contributed by atoms with Crippen molar-refractivity contribution in [1.29, 1.82) is 0 Å². The number of carbonyl (C=O) groups excluding carboxylic acids is 2. The normalized spacial score (nSPS) is 23.4. The molecule has 0 saturated heterocycles. The third kappa shape index (κ3) is 1.94. The summed E-state index contributed by atoms with van der Waals surface area (Å²) in [5.41, 5.74) is 2.24. The maximum absolute atomic E-state index is 12.4. The number of fused-ring (bicyclic) bond motifs is 1. The predicted octanol–water partition coefficient (Wildman–Crippen LogP) is 3.60. The zero-order chi connectivity index (χ0) is 14.6. The van der Waals surface area contributed by atoms with Crippen molar-refractivity contribution in [3.63, 3.8) is 0 Å². The van der Waals surface area contributed by atoms with E-state index in [-0.39, 0.29) is 23.8 Å². The van der Waals surface area contributed by atoms with Crippen LogP contribution in [0, 0.1) is 0 Å². The van der Waals surface area contributed by atoms with Gasteiger partial charge in [-0.3, -0.25) is 14.5 Å². The molecule has 1 fully saturated rings. The highest BCUT2D eigenvalue weighted by Gasteiger charge is 2.51. The van der Waals surface area contributed by atoms with Gasteiger partial charge < -0.3 is 0 Å². The maximum atomic E-state index is 12.4. The number of imide groups is 1. The minimum absolute atomic E-state index is 0.00132. The SMILES string of the molecule is O=C1c2ccccc2C(=O)N1[C@@H]1C[C@@H]1c1ccc(Br)cc1. The standard InChI is InChI=1S/C17H12BrNO2/c18-11-7-5-10(6-8-11)14-9-15(14)19-16(20)12-3-1-2-4-13(12)17(19)21/h1-8,14-15H,9H2/t14-,15-/m1/s1. The van der Waals surface area contributed by atoms with Crippen LogP contribution in [0.1, 0.15) is 38.6 Å². The summed E-state index contributed by atoms with van der Waals surface area (Å²) in [4.78, 5) is 26.3. The maximum Gasteiger partial charge on any atom is 0.261 e. The topological polar surface area (TPSA) is 37.4 Å². The van der Waals surface area contributed by atoms with E-state index < -0.39 is 0 Å². The van der Waals surface area contributed by atoms with Gasteiger partial charge in [-0.25, -0.2) is 0 Å². The fourth-order valence-corrected chi connectivity index (χ4v) is 3.31. The van der Waals surface area contributed by atoms with Crippen LogP contribution in [-0.2, 0) is 0 Å². The average molecular weight is 342 g/mol. The molecule has 4 heteroatoms. The minimum Gasteiger partial charge on any atom is -0.271 e. The van der Waals surface area contributed by atoms with Gasteiger partial charge in [0.2, 0.25) is 0 Å². The van der Waals surface area contributed by atoms with E-state index in [1.165, 1.54) is 10.5 Å². The molecule has 4 rings (SSSR count). The molecule has 0 N–H and O–H groups in total. The van der Waals surface area contributed by atoms with E-state index in [9.17, 15) is 9.59 Å². The third-order valence-corrected chi connectivity index (χ3v) is 4.74. The molecule has 2 atom stereocenters. The number of nitrogens with zero attached hydrogens (tertiary/aromatic N) is 1. The molecule has 3 nitrogen and oxygen atoms in total. The van der Waals surface area contributed by atoms with Gasteiger partial charge in [0, 0.05) is 16.4 Å². The van der Waals surface area contributed by atoms with Crippen LogP contribution in [0.2, 0.25) is 0 Å². The van der Waals surface area contributed by atoms with Crippen LogP contribution in [-0.4, -0.2) is 22.8 Å². The predicted molar refractivity (Wildman–Crippen MR) is 82.2 cm³/mol. The Bertz CT molecular complexity index is 719. The van der Waals surface area contributed by atoms with E-state index in [0.717, 1.165) is 10.9 Å². The van der Waals surface area contributed by atoms with Crippen LogP contribution < -0.4 is 0 Å². The van der Waals surface area contributed by atoms with Crippen molar-refractivity contribution in [2.75, 3.05) is 0 Å². The Morgan fingerprint density at radius 3 is 2.05 bits per heavy atom. The summed E-state index contributed by atoms with van der Waals surface area (Å²) in [5.74, 6) is -0.0410. The third-order valence-electron chi connectivity index (χ3n) is 4.21. The molecule has 21 heavy (non-hydrogen) atoms. The fourth-order valence-electron chi connectivity index (χ4n) is 3.04. The smallest absolute Gasteiger partial charge is 0.261 e. The monoisotopic (exact) mass is 341 g/mol. The minimum atomic E-state index is -0.153. The molecular weight excluding hydrogens is 330 g/mol. The van der Waals surface area contributed by atoms with Crippen LogP contribution in [0.4, 0.5) is 0 Å². The Kier molecular flexibility index (Phi) is 2.76. The van der Waals surface area contributed by atoms with Crippen molar-refractivity contribution in [2.24, 2.45) is 0 Å². The van der Waals surface area contributed by atoms with Crippen LogP contribution in [0.15, 0.2) is 53.0 Å². The first-order chi connectivity index (χ1) is 10.2. The van der Waals surface area contributed by atoms with Gasteiger partial charge in [-0.15, -0.1) is 0 Å². The summed E-state index contributed by atoms with van der Waals surface area (Å²) in [6.07, 6.45) is 0.854. The second kappa shape index (κ2) is 4.53. The zero-order valence-corrected chi connectivity index (χ0v) is 12.7. The van der Waals surface area contributed by atoms with Crippen LogP contribution in [0.25, 0.3) is 0 Å². The highest BCUT2D eigenvalue weighted by molar-refractivity contribution is 9.10. The summed E-state index contributed by atoms with van der Waals surface area (Å²) in [7, 11) is 0. The molecular formula is C17H12BrNO2. The van der Waals surface area contributed by atoms with Crippen LogP contribution in [0.5, 0.6) is 0 Å². The lowest BCUT2D eigenvalue weighted by Gasteiger charge is -2.13. The summed E-state index contributed by atoms with van der Waals surface area (Å²) >= 11 is 3.42. The van der Waals surface area contributed by atoms with E-state index in [2.05, 4.69) is 15.9 Å². The van der Waals surface area contributed by atoms with Gasteiger partial charge in [0.15, 0.2) is 0 Å². The van der Waals surface area contributed by atoms with Gasteiger partial charge in [-0.1, -0.05) is 40.2 Å². The molecule has 1 heterocycles. The van der Waals surface area contributed by atoms with Gasteiger partial charge in [0.1, 0.15) is 0 Å². The molecule has 2 aromatic rings. The largest absolute Gasteiger partial charge is 0.271 e. The molecule has 0 bridgehead atoms. The Morgan fingerprint density at radius 1 is 0.905 bits per heavy atom. The number of carbonyl (C=O) groups is 2. The molecule has 0 unspecified atom stereocenters. The number of hydrogen-bond acceptors (Lipinski definition) is 2. The number of hydrogen-bond donors (Lipinski definition) is 0. The van der Waals surface area contributed by atoms with Gasteiger partial charge in [0.05, 0.1) is 11.1 Å². The molecule has 104 valence electrons. The molecule has 0 aromatic heterocycles. The van der Waals surface area contributed by atoms with Crippen molar-refractivity contribution >= 4 is 27.7 Å². The molecule has 0 spiro atoms. The highest BCUT2D eigenvalue weighted by atomic mass is 79.9. The summed E-state index contributed by atoms with van der Waals surface area (Å²) in [6.45, 7) is 0. The zero-order valence-electron chi connectivity index (χ0n) is 11.1. The molecule has 2 aliphatic rings. The Labute approximate surface area is 130 Å². The van der Waals surface area contributed by atoms with Crippen molar-refractivity contribution in [2.45, 2.75) is 18.4 Å². The quantitative estimate of drug-likeness (QED) is 0.782. The number of benzene rings is 2. The number of halogens is 1. The van der Waals surface area contributed by atoms with Crippen LogP contribution >= 0.6 is 15.9 Å². The lowest BCUT2D eigenvalue weighted by Crippen LogP contribution is -2.32. The molecule has 1 aliphatic carbocycles. The summed E-state index contributed by atoms with van der Waals surface area (Å²) in [5, 5.41) is 0. The second-order valence-electron chi connectivity index (χ2n) is 5.49. The van der Waals surface area contributed by atoms with Crippen molar-refractivity contribution in [3.8, 4) is 0 Å². The first-order valence-electron chi connectivity index (χ1n) is 6.89. The summed E-state index contributed by atoms with van der Waals surface area (Å²) in [6, 6.07) is 15.1. The van der Waals surface area contributed by atoms with E-state index in [0.29, 0.717) is 11.1 Å². The number of rotatable bonds is 2. The van der Waals surface area contributed by atoms with E-state index in [1.54, 1.807) is 24.3 Å². The molecule has 0 radical (unpaired) electrons. The molecule has 2 amide bonds. The molecule has 1 saturated carbocycles. The van der Waals surface area contributed by atoms with Gasteiger partial charge in [0.25, 0.3) is 11.8 Å².